The van der Waals surface area contributed by atoms with E-state index in [0.29, 0.717) is 0 Å². The lowest BCUT2D eigenvalue weighted by atomic mass is 10.1. The summed E-state index contributed by atoms with van der Waals surface area (Å²) >= 11 is 0. The third-order valence-corrected chi connectivity index (χ3v) is 4.53. The van der Waals surface area contributed by atoms with Gasteiger partial charge in [-0.3, -0.25) is 4.99 Å². The lowest BCUT2D eigenvalue weighted by Crippen LogP contribution is -2.38. The third-order valence-electron chi connectivity index (χ3n) is 4.53. The molecule has 0 aliphatic heterocycles. The molecule has 1 aliphatic carbocycles. The lowest BCUT2D eigenvalue weighted by Gasteiger charge is -2.11. The Balaban J connectivity index is 1.55. The number of H-pyrrole nitrogens is 1. The van der Waals surface area contributed by atoms with Crippen molar-refractivity contribution in [2.75, 3.05) is 19.6 Å². The van der Waals surface area contributed by atoms with Gasteiger partial charge in [0.25, 0.3) is 0 Å². The largest absolute Gasteiger partial charge is 0.361 e. The normalized spacial score (nSPS) is 15.1. The summed E-state index contributed by atoms with van der Waals surface area (Å²) < 4.78 is 0. The van der Waals surface area contributed by atoms with Gasteiger partial charge < -0.3 is 15.6 Å². The highest BCUT2D eigenvalue weighted by molar-refractivity contribution is 5.86. The number of aromatic nitrogens is 1. The third kappa shape index (κ3) is 4.27. The quantitative estimate of drug-likeness (QED) is 0.542. The second-order valence-electron chi connectivity index (χ2n) is 6.48. The summed E-state index contributed by atoms with van der Waals surface area (Å²) in [5, 5.41) is 8.16. The van der Waals surface area contributed by atoms with Crippen LogP contribution in [0.1, 0.15) is 37.3 Å². The van der Waals surface area contributed by atoms with Crippen molar-refractivity contribution in [1.29, 1.82) is 0 Å². The maximum atomic E-state index is 4.68. The molecule has 1 heterocycles. The predicted molar refractivity (Wildman–Crippen MR) is 98.1 cm³/mol. The Hall–Kier alpha value is -1.97. The molecular formula is C19H28N4. The zero-order valence-electron chi connectivity index (χ0n) is 14.3. The molecule has 0 amide bonds. The van der Waals surface area contributed by atoms with E-state index in [-0.39, 0.29) is 0 Å². The first-order chi connectivity index (χ1) is 11.3. The average molecular weight is 312 g/mol. The van der Waals surface area contributed by atoms with Gasteiger partial charge in [0, 0.05) is 36.7 Å². The maximum Gasteiger partial charge on any atom is 0.191 e. The Morgan fingerprint density at radius 2 is 2.17 bits per heavy atom. The van der Waals surface area contributed by atoms with Gasteiger partial charge in [-0.2, -0.15) is 0 Å². The number of aromatic amines is 1. The molecule has 1 aliphatic rings. The summed E-state index contributed by atoms with van der Waals surface area (Å²) in [6, 6.07) is 6.42. The van der Waals surface area contributed by atoms with Crippen LogP contribution in [0.3, 0.4) is 0 Å². The first kappa shape index (κ1) is 15.9. The van der Waals surface area contributed by atoms with Crippen LogP contribution < -0.4 is 10.6 Å². The molecule has 1 fully saturated rings. The van der Waals surface area contributed by atoms with Gasteiger partial charge >= 0.3 is 0 Å². The Morgan fingerprint density at radius 3 is 2.96 bits per heavy atom. The molecule has 124 valence electrons. The van der Waals surface area contributed by atoms with Crippen molar-refractivity contribution in [3.8, 4) is 0 Å². The van der Waals surface area contributed by atoms with E-state index in [2.05, 4.69) is 58.9 Å². The Kier molecular flexibility index (Phi) is 5.21. The molecule has 4 heteroatoms. The second kappa shape index (κ2) is 7.53. The smallest absolute Gasteiger partial charge is 0.191 e. The standard InChI is InChI=1S/C19H28N4/c1-3-20-19(21-11-9-15-7-8-15)22-12-10-16-13-23-17-6-4-5-14(2)18(16)17/h4-6,13,15,23H,3,7-12H2,1-2H3,(H2,20,21,22). The van der Waals surface area contributed by atoms with E-state index in [1.165, 1.54) is 41.3 Å². The minimum Gasteiger partial charge on any atom is -0.361 e. The number of guanidine groups is 1. The minimum absolute atomic E-state index is 0.899. The molecule has 0 radical (unpaired) electrons. The van der Waals surface area contributed by atoms with Crippen LogP contribution in [0, 0.1) is 12.8 Å². The van der Waals surface area contributed by atoms with E-state index in [4.69, 9.17) is 0 Å². The fourth-order valence-corrected chi connectivity index (χ4v) is 3.07. The predicted octanol–water partition coefficient (Wildman–Crippen LogP) is 3.37. The van der Waals surface area contributed by atoms with E-state index in [0.717, 1.165) is 37.9 Å². The fraction of sp³-hybridized carbons (Fsp3) is 0.526. The minimum atomic E-state index is 0.899. The Morgan fingerprint density at radius 1 is 1.30 bits per heavy atom. The van der Waals surface area contributed by atoms with Crippen LogP contribution in [0.2, 0.25) is 0 Å². The summed E-state index contributed by atoms with van der Waals surface area (Å²) in [7, 11) is 0. The van der Waals surface area contributed by atoms with Crippen LogP contribution in [0.4, 0.5) is 0 Å². The molecule has 1 aromatic heterocycles. The molecule has 0 bridgehead atoms. The Labute approximate surface area is 138 Å². The van der Waals surface area contributed by atoms with Crippen molar-refractivity contribution >= 4 is 16.9 Å². The average Bonchev–Trinajstić information content (AvgIpc) is 3.27. The van der Waals surface area contributed by atoms with Crippen LogP contribution in [0.5, 0.6) is 0 Å². The highest BCUT2D eigenvalue weighted by atomic mass is 15.2. The fourth-order valence-electron chi connectivity index (χ4n) is 3.07. The first-order valence-electron chi connectivity index (χ1n) is 8.85. The number of nitrogens with zero attached hydrogens (tertiary/aromatic N) is 1. The molecule has 1 aromatic carbocycles. The molecule has 4 nitrogen and oxygen atoms in total. The number of rotatable bonds is 7. The summed E-state index contributed by atoms with van der Waals surface area (Å²) in [5.74, 6) is 1.89. The number of benzene rings is 1. The summed E-state index contributed by atoms with van der Waals surface area (Å²) in [5.41, 5.74) is 3.94. The van der Waals surface area contributed by atoms with Gasteiger partial charge in [0.1, 0.15) is 0 Å². The molecule has 0 saturated heterocycles. The summed E-state index contributed by atoms with van der Waals surface area (Å²) in [4.78, 5) is 8.05. The molecule has 3 rings (SSSR count). The highest BCUT2D eigenvalue weighted by Crippen LogP contribution is 2.32. The van der Waals surface area contributed by atoms with Crippen molar-refractivity contribution in [3.63, 3.8) is 0 Å². The van der Waals surface area contributed by atoms with Crippen molar-refractivity contribution in [2.24, 2.45) is 10.9 Å². The topological polar surface area (TPSA) is 52.2 Å². The van der Waals surface area contributed by atoms with E-state index >= 15 is 0 Å². The van der Waals surface area contributed by atoms with E-state index < -0.39 is 0 Å². The van der Waals surface area contributed by atoms with Gasteiger partial charge in [0.05, 0.1) is 0 Å². The summed E-state index contributed by atoms with van der Waals surface area (Å²) in [6.07, 6.45) is 7.17. The summed E-state index contributed by atoms with van der Waals surface area (Å²) in [6.45, 7) is 7.03. The zero-order valence-corrected chi connectivity index (χ0v) is 14.3. The zero-order chi connectivity index (χ0) is 16.1. The van der Waals surface area contributed by atoms with Crippen LogP contribution in [0.25, 0.3) is 10.9 Å². The maximum absolute atomic E-state index is 4.68. The van der Waals surface area contributed by atoms with Crippen molar-refractivity contribution in [3.05, 3.63) is 35.5 Å². The number of aliphatic imine (C=N–C) groups is 1. The molecule has 0 unspecified atom stereocenters. The van der Waals surface area contributed by atoms with Crippen LogP contribution in [0.15, 0.2) is 29.4 Å². The molecule has 23 heavy (non-hydrogen) atoms. The van der Waals surface area contributed by atoms with Crippen LogP contribution >= 0.6 is 0 Å². The highest BCUT2D eigenvalue weighted by Gasteiger charge is 2.20. The number of hydrogen-bond donors (Lipinski definition) is 3. The van der Waals surface area contributed by atoms with Crippen LogP contribution in [-0.4, -0.2) is 30.6 Å². The monoisotopic (exact) mass is 312 g/mol. The van der Waals surface area contributed by atoms with Gasteiger partial charge in [0.15, 0.2) is 5.96 Å². The lowest BCUT2D eigenvalue weighted by molar-refractivity contribution is 0.724. The molecule has 0 spiro atoms. The van der Waals surface area contributed by atoms with E-state index in [1.807, 2.05) is 0 Å². The van der Waals surface area contributed by atoms with Gasteiger partial charge in [-0.1, -0.05) is 25.0 Å². The van der Waals surface area contributed by atoms with Crippen molar-refractivity contribution in [1.82, 2.24) is 15.6 Å². The first-order valence-corrected chi connectivity index (χ1v) is 8.85. The Bertz CT molecular complexity index is 667. The van der Waals surface area contributed by atoms with Crippen LogP contribution in [-0.2, 0) is 6.42 Å². The number of hydrogen-bond acceptors (Lipinski definition) is 1. The molecule has 2 aromatic rings. The number of aryl methyl sites for hydroxylation is 1. The van der Waals surface area contributed by atoms with E-state index in [9.17, 15) is 0 Å². The molecular weight excluding hydrogens is 284 g/mol. The van der Waals surface area contributed by atoms with E-state index in [1.54, 1.807) is 0 Å². The molecule has 3 N–H and O–H groups in total. The van der Waals surface area contributed by atoms with Crippen molar-refractivity contribution in [2.45, 2.75) is 39.5 Å². The SMILES string of the molecule is CCNC(=NCCC1CC1)NCCc1c[nH]c2cccc(C)c12. The van der Waals surface area contributed by atoms with Crippen molar-refractivity contribution < 1.29 is 0 Å². The van der Waals surface area contributed by atoms with Gasteiger partial charge in [-0.05, 0) is 49.8 Å². The molecule has 1 saturated carbocycles. The van der Waals surface area contributed by atoms with Gasteiger partial charge in [-0.15, -0.1) is 0 Å². The number of fused-ring (bicyclic) bond motifs is 1. The second-order valence-corrected chi connectivity index (χ2v) is 6.48. The molecule has 0 atom stereocenters. The van der Waals surface area contributed by atoms with Gasteiger partial charge in [-0.25, -0.2) is 0 Å². The van der Waals surface area contributed by atoms with Gasteiger partial charge in [0.2, 0.25) is 0 Å². The number of nitrogens with one attached hydrogen (secondary N) is 3.